The van der Waals surface area contributed by atoms with Crippen LogP contribution >= 0.6 is 0 Å². The standard InChI is InChI=1S/C24H27NO6/c1-3-31-19-10-8-18(9-11-19)22(27)20-21(17-6-4-16(2)5-7-17)25(24(29)23(20)28)12-14-30-15-13-26/h4-11,21,26-27H,3,12-15H2,1-2H3/b22-20+/t21-/m1/s1. The summed E-state index contributed by atoms with van der Waals surface area (Å²) in [4.78, 5) is 27.1. The molecule has 2 aromatic rings. The number of carbonyl (C=O) groups excluding carboxylic acids is 2. The van der Waals surface area contributed by atoms with E-state index in [2.05, 4.69) is 0 Å². The van der Waals surface area contributed by atoms with Gasteiger partial charge in [-0.1, -0.05) is 29.8 Å². The SMILES string of the molecule is CCOc1ccc(/C(O)=C2\C(=O)C(=O)N(CCOCCO)[C@@H]2c2ccc(C)cc2)cc1. The molecule has 1 amide bonds. The van der Waals surface area contributed by atoms with Crippen molar-refractivity contribution in [1.29, 1.82) is 0 Å². The molecule has 31 heavy (non-hydrogen) atoms. The first-order chi connectivity index (χ1) is 15.0. The van der Waals surface area contributed by atoms with E-state index in [4.69, 9.17) is 14.6 Å². The van der Waals surface area contributed by atoms with Gasteiger partial charge in [0.15, 0.2) is 0 Å². The lowest BCUT2D eigenvalue weighted by molar-refractivity contribution is -0.140. The number of amides is 1. The van der Waals surface area contributed by atoms with Crippen LogP contribution in [0.1, 0.15) is 29.7 Å². The van der Waals surface area contributed by atoms with Gasteiger partial charge in [-0.2, -0.15) is 0 Å². The topological polar surface area (TPSA) is 96.3 Å². The summed E-state index contributed by atoms with van der Waals surface area (Å²) >= 11 is 0. The molecule has 0 aromatic heterocycles. The Bertz CT molecular complexity index is 949. The fraction of sp³-hybridized carbons (Fsp3) is 0.333. The monoisotopic (exact) mass is 425 g/mol. The molecule has 0 unspecified atom stereocenters. The summed E-state index contributed by atoms with van der Waals surface area (Å²) in [5.41, 5.74) is 2.23. The van der Waals surface area contributed by atoms with Crippen LogP contribution in [-0.4, -0.2) is 59.8 Å². The van der Waals surface area contributed by atoms with Crippen molar-refractivity contribution in [2.75, 3.05) is 33.0 Å². The molecule has 0 spiro atoms. The average Bonchev–Trinajstić information content (AvgIpc) is 3.02. The molecule has 7 nitrogen and oxygen atoms in total. The Kier molecular flexibility index (Phi) is 7.44. The van der Waals surface area contributed by atoms with Crippen molar-refractivity contribution in [2.45, 2.75) is 19.9 Å². The second kappa shape index (κ2) is 10.2. The molecular weight excluding hydrogens is 398 g/mol. The van der Waals surface area contributed by atoms with Crippen LogP contribution in [0.4, 0.5) is 0 Å². The summed E-state index contributed by atoms with van der Waals surface area (Å²) < 4.78 is 10.7. The molecule has 1 heterocycles. The van der Waals surface area contributed by atoms with Crippen LogP contribution in [0.15, 0.2) is 54.1 Å². The summed E-state index contributed by atoms with van der Waals surface area (Å²) in [6.45, 7) is 4.68. The van der Waals surface area contributed by atoms with Crippen LogP contribution < -0.4 is 4.74 Å². The van der Waals surface area contributed by atoms with E-state index < -0.39 is 17.7 Å². The minimum absolute atomic E-state index is 0.0418. The van der Waals surface area contributed by atoms with E-state index in [-0.39, 0.29) is 37.7 Å². The molecule has 1 atom stereocenters. The van der Waals surface area contributed by atoms with Gasteiger partial charge in [0.25, 0.3) is 11.7 Å². The number of benzene rings is 2. The normalized spacial score (nSPS) is 17.9. The van der Waals surface area contributed by atoms with Gasteiger partial charge in [-0.15, -0.1) is 0 Å². The number of ether oxygens (including phenoxy) is 2. The van der Waals surface area contributed by atoms with E-state index in [0.29, 0.717) is 17.9 Å². The first-order valence-corrected chi connectivity index (χ1v) is 10.2. The van der Waals surface area contributed by atoms with Crippen molar-refractivity contribution in [3.8, 4) is 5.75 Å². The molecule has 0 bridgehead atoms. The van der Waals surface area contributed by atoms with Gasteiger partial charge in [0.2, 0.25) is 0 Å². The molecule has 3 rings (SSSR count). The zero-order valence-corrected chi connectivity index (χ0v) is 17.7. The summed E-state index contributed by atoms with van der Waals surface area (Å²) in [5, 5.41) is 19.9. The summed E-state index contributed by atoms with van der Waals surface area (Å²) in [7, 11) is 0. The highest BCUT2D eigenvalue weighted by molar-refractivity contribution is 6.46. The van der Waals surface area contributed by atoms with Gasteiger partial charge in [0.05, 0.1) is 38.0 Å². The lowest BCUT2D eigenvalue weighted by Gasteiger charge is -2.25. The molecule has 1 aliphatic heterocycles. The van der Waals surface area contributed by atoms with Gasteiger partial charge in [0.1, 0.15) is 11.5 Å². The van der Waals surface area contributed by atoms with Gasteiger partial charge in [-0.3, -0.25) is 9.59 Å². The summed E-state index contributed by atoms with van der Waals surface area (Å²) in [6.07, 6.45) is 0. The Morgan fingerprint density at radius 1 is 1.03 bits per heavy atom. The van der Waals surface area contributed by atoms with E-state index in [1.54, 1.807) is 24.3 Å². The van der Waals surface area contributed by atoms with Crippen molar-refractivity contribution >= 4 is 17.4 Å². The number of likely N-dealkylation sites (tertiary alicyclic amines) is 1. The van der Waals surface area contributed by atoms with Crippen molar-refractivity contribution < 1.29 is 29.3 Å². The Morgan fingerprint density at radius 3 is 2.32 bits per heavy atom. The minimum atomic E-state index is -0.737. The van der Waals surface area contributed by atoms with E-state index in [9.17, 15) is 14.7 Å². The second-order valence-electron chi connectivity index (χ2n) is 7.20. The summed E-state index contributed by atoms with van der Waals surface area (Å²) in [5.74, 6) is -1.01. The number of ketones is 1. The molecule has 0 aliphatic carbocycles. The first-order valence-electron chi connectivity index (χ1n) is 10.2. The van der Waals surface area contributed by atoms with E-state index in [0.717, 1.165) is 11.1 Å². The Hall–Kier alpha value is -3.16. The van der Waals surface area contributed by atoms with Gasteiger partial charge in [-0.25, -0.2) is 0 Å². The number of aliphatic hydroxyl groups is 2. The van der Waals surface area contributed by atoms with Gasteiger partial charge in [0, 0.05) is 12.1 Å². The zero-order valence-electron chi connectivity index (χ0n) is 17.7. The molecule has 0 saturated carbocycles. The van der Waals surface area contributed by atoms with Crippen LogP contribution in [-0.2, 0) is 14.3 Å². The molecule has 1 aliphatic rings. The second-order valence-corrected chi connectivity index (χ2v) is 7.20. The van der Waals surface area contributed by atoms with Crippen molar-refractivity contribution in [3.05, 3.63) is 70.8 Å². The third-order valence-electron chi connectivity index (χ3n) is 5.08. The zero-order chi connectivity index (χ0) is 22.4. The van der Waals surface area contributed by atoms with Crippen LogP contribution in [0.5, 0.6) is 5.75 Å². The number of aryl methyl sites for hydroxylation is 1. The number of hydrogen-bond donors (Lipinski definition) is 2. The first kappa shape index (κ1) is 22.5. The lowest BCUT2D eigenvalue weighted by atomic mass is 9.94. The lowest BCUT2D eigenvalue weighted by Crippen LogP contribution is -2.33. The van der Waals surface area contributed by atoms with Crippen molar-refractivity contribution in [3.63, 3.8) is 0 Å². The highest BCUT2D eigenvalue weighted by Gasteiger charge is 2.45. The number of nitrogens with zero attached hydrogens (tertiary/aromatic N) is 1. The van der Waals surface area contributed by atoms with E-state index in [1.165, 1.54) is 4.90 Å². The average molecular weight is 425 g/mol. The maximum atomic E-state index is 12.9. The molecule has 164 valence electrons. The van der Waals surface area contributed by atoms with E-state index >= 15 is 0 Å². The maximum absolute atomic E-state index is 12.9. The minimum Gasteiger partial charge on any atom is -0.507 e. The molecule has 2 aromatic carbocycles. The number of carbonyl (C=O) groups is 2. The maximum Gasteiger partial charge on any atom is 0.295 e. The molecule has 2 N–H and O–H groups in total. The number of rotatable bonds is 9. The Morgan fingerprint density at radius 2 is 1.71 bits per heavy atom. The number of hydrogen-bond acceptors (Lipinski definition) is 6. The highest BCUT2D eigenvalue weighted by Crippen LogP contribution is 2.39. The summed E-state index contributed by atoms with van der Waals surface area (Å²) in [6, 6.07) is 13.5. The van der Waals surface area contributed by atoms with E-state index in [1.807, 2.05) is 38.1 Å². The smallest absolute Gasteiger partial charge is 0.295 e. The third kappa shape index (κ3) is 4.95. The van der Waals surface area contributed by atoms with Crippen molar-refractivity contribution in [2.24, 2.45) is 0 Å². The van der Waals surface area contributed by atoms with Crippen LogP contribution in [0, 0.1) is 6.92 Å². The fourth-order valence-corrected chi connectivity index (χ4v) is 3.57. The third-order valence-corrected chi connectivity index (χ3v) is 5.08. The number of aliphatic hydroxyl groups excluding tert-OH is 2. The molecule has 0 radical (unpaired) electrons. The van der Waals surface area contributed by atoms with Crippen LogP contribution in [0.25, 0.3) is 5.76 Å². The van der Waals surface area contributed by atoms with Gasteiger partial charge >= 0.3 is 0 Å². The Balaban J connectivity index is 2.02. The van der Waals surface area contributed by atoms with Crippen molar-refractivity contribution in [1.82, 2.24) is 4.90 Å². The quantitative estimate of drug-likeness (QED) is 0.278. The van der Waals surface area contributed by atoms with Gasteiger partial charge in [-0.05, 0) is 43.7 Å². The predicted molar refractivity (Wildman–Crippen MR) is 116 cm³/mol. The highest BCUT2D eigenvalue weighted by atomic mass is 16.5. The molecule has 7 heteroatoms. The molecule has 1 fully saturated rings. The predicted octanol–water partition coefficient (Wildman–Crippen LogP) is 2.82. The largest absolute Gasteiger partial charge is 0.507 e. The number of Topliss-reactive ketones (excluding diaryl/α,β-unsaturated/α-hetero) is 1. The molecular formula is C24H27NO6. The van der Waals surface area contributed by atoms with Crippen LogP contribution in [0.2, 0.25) is 0 Å². The molecule has 1 saturated heterocycles. The Labute approximate surface area is 181 Å². The fourth-order valence-electron chi connectivity index (χ4n) is 3.57. The van der Waals surface area contributed by atoms with Crippen LogP contribution in [0.3, 0.4) is 0 Å². The van der Waals surface area contributed by atoms with Gasteiger partial charge < -0.3 is 24.6 Å².